The van der Waals surface area contributed by atoms with E-state index in [0.717, 1.165) is 12.8 Å². The third kappa shape index (κ3) is 8.37. The van der Waals surface area contributed by atoms with Gasteiger partial charge in [-0.3, -0.25) is 19.2 Å². The summed E-state index contributed by atoms with van der Waals surface area (Å²) in [5, 5.41) is 23.7. The molecular weight excluding hydrogens is 364 g/mol. The monoisotopic (exact) mass is 400 g/mol. The molecule has 0 aliphatic rings. The number of carbonyl (C=O) groups is 4. The zero-order valence-corrected chi connectivity index (χ0v) is 17.9. The third-order valence-electron chi connectivity index (χ3n) is 4.67. The number of aliphatic carboxylic acids is 1. The summed E-state index contributed by atoms with van der Waals surface area (Å²) in [5.74, 6) is -2.80. The van der Waals surface area contributed by atoms with Crippen molar-refractivity contribution in [1.29, 1.82) is 0 Å². The van der Waals surface area contributed by atoms with Crippen molar-refractivity contribution in [3.63, 3.8) is 0 Å². The lowest BCUT2D eigenvalue weighted by Crippen LogP contribution is -2.57. The first-order valence-corrected chi connectivity index (χ1v) is 9.82. The highest BCUT2D eigenvalue weighted by Gasteiger charge is 2.42. The van der Waals surface area contributed by atoms with Gasteiger partial charge in [0.2, 0.25) is 11.8 Å². The number of carbonyl (C=O) groups excluding carboxylic acids is 3. The maximum atomic E-state index is 12.6. The van der Waals surface area contributed by atoms with Gasteiger partial charge in [0.25, 0.3) is 0 Å². The van der Waals surface area contributed by atoms with Crippen molar-refractivity contribution in [2.75, 3.05) is 6.61 Å². The first-order valence-electron chi connectivity index (χ1n) is 9.82. The van der Waals surface area contributed by atoms with Gasteiger partial charge in [-0.1, -0.05) is 40.5 Å². The van der Waals surface area contributed by atoms with Crippen LogP contribution in [0.15, 0.2) is 0 Å². The van der Waals surface area contributed by atoms with Crippen molar-refractivity contribution < 1.29 is 29.4 Å². The molecule has 8 heteroatoms. The zero-order chi connectivity index (χ0) is 22.1. The molecule has 0 unspecified atom stereocenters. The van der Waals surface area contributed by atoms with Gasteiger partial charge in [-0.25, -0.2) is 0 Å². The van der Waals surface area contributed by atoms with Gasteiger partial charge in [-0.15, -0.1) is 0 Å². The van der Waals surface area contributed by atoms with Crippen LogP contribution in [-0.2, 0) is 19.2 Å². The van der Waals surface area contributed by atoms with E-state index in [0.29, 0.717) is 12.3 Å². The molecule has 0 rings (SSSR count). The van der Waals surface area contributed by atoms with Crippen molar-refractivity contribution in [1.82, 2.24) is 10.6 Å². The van der Waals surface area contributed by atoms with Crippen LogP contribution in [0, 0.1) is 17.3 Å². The molecule has 0 aliphatic carbocycles. The number of carboxylic acids is 1. The molecule has 0 bridgehead atoms. The molecular formula is C20H36N2O6. The number of ketones is 1. The fourth-order valence-corrected chi connectivity index (χ4v) is 2.58. The molecule has 0 aromatic rings. The first kappa shape index (κ1) is 26.0. The van der Waals surface area contributed by atoms with Crippen molar-refractivity contribution >= 4 is 23.6 Å². The van der Waals surface area contributed by atoms with Crippen LogP contribution in [0.4, 0.5) is 0 Å². The molecule has 0 aromatic carbocycles. The van der Waals surface area contributed by atoms with Gasteiger partial charge < -0.3 is 20.8 Å². The van der Waals surface area contributed by atoms with Crippen molar-refractivity contribution in [3.8, 4) is 0 Å². The Bertz CT molecular complexity index is 557. The molecule has 0 saturated heterocycles. The Kier molecular flexibility index (Phi) is 11.0. The molecule has 0 aliphatic heterocycles. The summed E-state index contributed by atoms with van der Waals surface area (Å²) in [6, 6.07) is -2.24. The average molecular weight is 401 g/mol. The number of nitrogens with one attached hydrogen (secondary N) is 2. The van der Waals surface area contributed by atoms with E-state index < -0.39 is 41.8 Å². The maximum absolute atomic E-state index is 12.6. The van der Waals surface area contributed by atoms with Crippen LogP contribution in [0.2, 0.25) is 0 Å². The van der Waals surface area contributed by atoms with Crippen molar-refractivity contribution in [2.45, 2.75) is 79.3 Å². The van der Waals surface area contributed by atoms with E-state index in [4.69, 9.17) is 0 Å². The Labute approximate surface area is 167 Å². The Morgan fingerprint density at radius 1 is 0.964 bits per heavy atom. The summed E-state index contributed by atoms with van der Waals surface area (Å²) < 4.78 is 0. The second kappa shape index (κ2) is 11.8. The quantitative estimate of drug-likeness (QED) is 0.273. The summed E-state index contributed by atoms with van der Waals surface area (Å²) in [4.78, 5) is 48.4. The van der Waals surface area contributed by atoms with Crippen LogP contribution >= 0.6 is 0 Å². The highest BCUT2D eigenvalue weighted by atomic mass is 16.4. The average Bonchev–Trinajstić information content (AvgIpc) is 2.59. The van der Waals surface area contributed by atoms with E-state index in [-0.39, 0.29) is 18.2 Å². The van der Waals surface area contributed by atoms with Gasteiger partial charge in [0.1, 0.15) is 11.5 Å². The molecule has 0 saturated carbocycles. The largest absolute Gasteiger partial charge is 0.481 e. The first-order chi connectivity index (χ1) is 12.8. The third-order valence-corrected chi connectivity index (χ3v) is 4.67. The van der Waals surface area contributed by atoms with Crippen LogP contribution < -0.4 is 10.6 Å². The molecule has 2 amide bonds. The SMILES string of the molecule is CC(C)CCCCC(=O)N[C@@H](CO)C(=O)N[C@H](C(=O)C(C)(C)C(=O)O)C(C)C. The molecule has 28 heavy (non-hydrogen) atoms. The van der Waals surface area contributed by atoms with Gasteiger partial charge in [0.05, 0.1) is 12.6 Å². The topological polar surface area (TPSA) is 133 Å². The van der Waals surface area contributed by atoms with Gasteiger partial charge in [-0.2, -0.15) is 0 Å². The summed E-state index contributed by atoms with van der Waals surface area (Å²) in [5.41, 5.74) is -1.67. The summed E-state index contributed by atoms with van der Waals surface area (Å²) in [6.45, 7) is 9.51. The fourth-order valence-electron chi connectivity index (χ4n) is 2.58. The van der Waals surface area contributed by atoms with Crippen molar-refractivity contribution in [3.05, 3.63) is 0 Å². The van der Waals surface area contributed by atoms with E-state index in [1.165, 1.54) is 13.8 Å². The minimum Gasteiger partial charge on any atom is -0.481 e. The molecule has 0 spiro atoms. The van der Waals surface area contributed by atoms with E-state index >= 15 is 0 Å². The Morgan fingerprint density at radius 2 is 1.54 bits per heavy atom. The van der Waals surface area contributed by atoms with Gasteiger partial charge in [0.15, 0.2) is 5.78 Å². The van der Waals surface area contributed by atoms with Crippen LogP contribution in [0.3, 0.4) is 0 Å². The zero-order valence-electron chi connectivity index (χ0n) is 17.9. The van der Waals surface area contributed by atoms with E-state index in [9.17, 15) is 29.4 Å². The molecule has 2 atom stereocenters. The highest BCUT2D eigenvalue weighted by Crippen LogP contribution is 2.22. The number of unbranched alkanes of at least 4 members (excludes halogenated alkanes) is 1. The highest BCUT2D eigenvalue weighted by molar-refractivity contribution is 6.06. The number of carboxylic acid groups (broad SMARTS) is 1. The molecule has 8 nitrogen and oxygen atoms in total. The van der Waals surface area contributed by atoms with Crippen LogP contribution in [0.5, 0.6) is 0 Å². The number of hydrogen-bond acceptors (Lipinski definition) is 5. The summed E-state index contributed by atoms with van der Waals surface area (Å²) >= 11 is 0. The Balaban J connectivity index is 4.92. The molecule has 162 valence electrons. The van der Waals surface area contributed by atoms with Crippen LogP contribution in [-0.4, -0.2) is 52.5 Å². The van der Waals surface area contributed by atoms with Gasteiger partial charge >= 0.3 is 5.97 Å². The number of rotatable bonds is 13. The van der Waals surface area contributed by atoms with E-state index in [1.807, 2.05) is 0 Å². The second-order valence-corrected chi connectivity index (χ2v) is 8.47. The number of Topliss-reactive ketones (excluding diaryl/α,β-unsaturated/α-hetero) is 1. The smallest absolute Gasteiger partial charge is 0.316 e. The van der Waals surface area contributed by atoms with Gasteiger partial charge in [-0.05, 0) is 32.1 Å². The lowest BCUT2D eigenvalue weighted by atomic mass is 9.80. The number of aliphatic hydroxyl groups excluding tert-OH is 1. The fraction of sp³-hybridized carbons (Fsp3) is 0.800. The van der Waals surface area contributed by atoms with Crippen LogP contribution in [0.25, 0.3) is 0 Å². The number of amides is 2. The van der Waals surface area contributed by atoms with E-state index in [2.05, 4.69) is 24.5 Å². The predicted molar refractivity (Wildman–Crippen MR) is 106 cm³/mol. The second-order valence-electron chi connectivity index (χ2n) is 8.47. The van der Waals surface area contributed by atoms with Crippen LogP contribution in [0.1, 0.15) is 67.2 Å². The Morgan fingerprint density at radius 3 is 1.96 bits per heavy atom. The normalized spacial score (nSPS) is 13.9. The predicted octanol–water partition coefficient (Wildman–Crippen LogP) is 1.50. The minimum absolute atomic E-state index is 0.245. The van der Waals surface area contributed by atoms with Gasteiger partial charge in [0, 0.05) is 6.42 Å². The molecule has 0 aromatic heterocycles. The van der Waals surface area contributed by atoms with Crippen molar-refractivity contribution in [2.24, 2.45) is 17.3 Å². The number of aliphatic hydroxyl groups is 1. The summed E-state index contributed by atoms with van der Waals surface area (Å²) in [7, 11) is 0. The molecule has 0 fully saturated rings. The Hall–Kier alpha value is -1.96. The maximum Gasteiger partial charge on any atom is 0.316 e. The van der Waals surface area contributed by atoms with E-state index in [1.54, 1.807) is 13.8 Å². The molecule has 0 radical (unpaired) electrons. The number of hydrogen-bond donors (Lipinski definition) is 4. The molecule has 0 heterocycles. The lowest BCUT2D eigenvalue weighted by Gasteiger charge is -2.29. The standard InChI is InChI=1S/C20H36N2O6/c1-12(2)9-7-8-10-15(24)21-14(11-23)18(26)22-16(13(3)4)17(25)20(5,6)19(27)28/h12-14,16,23H,7-11H2,1-6H3,(H,21,24)(H,22,26)(H,27,28)/t14-,16-/m0/s1. The lowest BCUT2D eigenvalue weighted by molar-refractivity contribution is -0.154. The minimum atomic E-state index is -1.67. The summed E-state index contributed by atoms with van der Waals surface area (Å²) in [6.07, 6.45) is 2.84. The molecule has 4 N–H and O–H groups in total.